The van der Waals surface area contributed by atoms with Gasteiger partial charge in [0.2, 0.25) is 5.91 Å². The second-order valence-corrected chi connectivity index (χ2v) is 5.92. The Morgan fingerprint density at radius 1 is 1.27 bits per heavy atom. The van der Waals surface area contributed by atoms with Crippen molar-refractivity contribution in [3.05, 3.63) is 59.8 Å². The number of pyridine rings is 1. The summed E-state index contributed by atoms with van der Waals surface area (Å²) in [6.07, 6.45) is 2.68. The maximum Gasteiger partial charge on any atom is 0.229 e. The average molecular weight is 295 g/mol. The van der Waals surface area contributed by atoms with E-state index < -0.39 is 0 Å². The predicted molar refractivity (Wildman–Crippen MR) is 87.4 cm³/mol. The topological polar surface area (TPSA) is 45.2 Å². The molecule has 1 aliphatic rings. The summed E-state index contributed by atoms with van der Waals surface area (Å²) in [6.45, 7) is 4.67. The van der Waals surface area contributed by atoms with Crippen LogP contribution < -0.4 is 5.32 Å². The molecule has 1 fully saturated rings. The van der Waals surface area contributed by atoms with Crippen LogP contribution in [0.1, 0.15) is 17.5 Å². The van der Waals surface area contributed by atoms with Gasteiger partial charge in [-0.15, -0.1) is 0 Å². The first kappa shape index (κ1) is 14.7. The summed E-state index contributed by atoms with van der Waals surface area (Å²) in [5.41, 5.74) is 2.39. The van der Waals surface area contributed by atoms with Gasteiger partial charge in [-0.05, 0) is 37.1 Å². The Balaban J connectivity index is 1.53. The SMILES string of the molecule is Cc1ccc(NC(=O)C2CCN(Cc3ccccc3)C2)nc1. The summed E-state index contributed by atoms with van der Waals surface area (Å²) in [5.74, 6) is 0.760. The van der Waals surface area contributed by atoms with Crippen LogP contribution in [-0.4, -0.2) is 28.9 Å². The minimum absolute atomic E-state index is 0.0480. The number of nitrogens with one attached hydrogen (secondary N) is 1. The van der Waals surface area contributed by atoms with Crippen LogP contribution in [0.15, 0.2) is 48.7 Å². The molecular formula is C18H21N3O. The fraction of sp³-hybridized carbons (Fsp3) is 0.333. The second kappa shape index (κ2) is 6.71. The van der Waals surface area contributed by atoms with E-state index in [9.17, 15) is 4.79 Å². The molecule has 1 atom stereocenters. The van der Waals surface area contributed by atoms with Crippen LogP contribution in [0, 0.1) is 12.8 Å². The Bertz CT molecular complexity index is 625. The molecule has 1 saturated heterocycles. The molecule has 1 aromatic heterocycles. The standard InChI is InChI=1S/C18H21N3O/c1-14-7-8-17(19-11-14)20-18(22)16-9-10-21(13-16)12-15-5-3-2-4-6-15/h2-8,11,16H,9-10,12-13H2,1H3,(H,19,20,22). The molecule has 1 aliphatic heterocycles. The summed E-state index contributed by atoms with van der Waals surface area (Å²) in [5, 5.41) is 2.92. The Morgan fingerprint density at radius 3 is 2.82 bits per heavy atom. The molecule has 4 nitrogen and oxygen atoms in total. The molecule has 0 aliphatic carbocycles. The van der Waals surface area contributed by atoms with E-state index in [1.165, 1.54) is 5.56 Å². The van der Waals surface area contributed by atoms with E-state index in [-0.39, 0.29) is 11.8 Å². The third kappa shape index (κ3) is 3.71. The Morgan fingerprint density at radius 2 is 2.09 bits per heavy atom. The summed E-state index contributed by atoms with van der Waals surface area (Å²) >= 11 is 0. The first-order valence-electron chi connectivity index (χ1n) is 7.70. The van der Waals surface area contributed by atoms with Crippen LogP contribution in [0.25, 0.3) is 0 Å². The van der Waals surface area contributed by atoms with Crippen molar-refractivity contribution >= 4 is 11.7 Å². The lowest BCUT2D eigenvalue weighted by Gasteiger charge is -2.16. The highest BCUT2D eigenvalue weighted by Gasteiger charge is 2.28. The summed E-state index contributed by atoms with van der Waals surface area (Å²) in [4.78, 5) is 18.9. The van der Waals surface area contributed by atoms with Gasteiger partial charge >= 0.3 is 0 Å². The summed E-state index contributed by atoms with van der Waals surface area (Å²) in [7, 11) is 0. The number of hydrogen-bond acceptors (Lipinski definition) is 3. The quantitative estimate of drug-likeness (QED) is 0.943. The van der Waals surface area contributed by atoms with Gasteiger partial charge in [0.1, 0.15) is 5.82 Å². The number of nitrogens with zero attached hydrogens (tertiary/aromatic N) is 2. The molecule has 0 saturated carbocycles. The van der Waals surface area contributed by atoms with Crippen LogP contribution in [0.3, 0.4) is 0 Å². The van der Waals surface area contributed by atoms with Gasteiger partial charge in [0.25, 0.3) is 0 Å². The number of carbonyl (C=O) groups excluding carboxylic acids is 1. The second-order valence-electron chi connectivity index (χ2n) is 5.92. The van der Waals surface area contributed by atoms with Crippen molar-refractivity contribution in [1.82, 2.24) is 9.88 Å². The minimum atomic E-state index is 0.0480. The maximum absolute atomic E-state index is 12.3. The van der Waals surface area contributed by atoms with Gasteiger partial charge in [-0.3, -0.25) is 9.69 Å². The molecule has 1 unspecified atom stereocenters. The summed E-state index contributed by atoms with van der Waals surface area (Å²) in [6, 6.07) is 14.2. The highest BCUT2D eigenvalue weighted by atomic mass is 16.2. The lowest BCUT2D eigenvalue weighted by Crippen LogP contribution is -2.27. The Kier molecular flexibility index (Phi) is 4.49. The number of hydrogen-bond donors (Lipinski definition) is 1. The average Bonchev–Trinajstić information content (AvgIpc) is 2.99. The first-order valence-corrected chi connectivity index (χ1v) is 7.70. The minimum Gasteiger partial charge on any atom is -0.310 e. The number of likely N-dealkylation sites (tertiary alicyclic amines) is 1. The van der Waals surface area contributed by atoms with Crippen LogP contribution >= 0.6 is 0 Å². The highest BCUT2D eigenvalue weighted by molar-refractivity contribution is 5.92. The van der Waals surface area contributed by atoms with Gasteiger partial charge in [-0.1, -0.05) is 36.4 Å². The smallest absolute Gasteiger partial charge is 0.229 e. The van der Waals surface area contributed by atoms with Crippen molar-refractivity contribution in [2.24, 2.45) is 5.92 Å². The van der Waals surface area contributed by atoms with Crippen LogP contribution in [-0.2, 0) is 11.3 Å². The van der Waals surface area contributed by atoms with E-state index in [4.69, 9.17) is 0 Å². The van der Waals surface area contributed by atoms with Crippen molar-refractivity contribution < 1.29 is 4.79 Å². The maximum atomic E-state index is 12.3. The zero-order valence-corrected chi connectivity index (χ0v) is 12.8. The Labute approximate surface area is 131 Å². The molecule has 0 radical (unpaired) electrons. The van der Waals surface area contributed by atoms with E-state index in [1.807, 2.05) is 25.1 Å². The zero-order chi connectivity index (χ0) is 15.4. The van der Waals surface area contributed by atoms with E-state index >= 15 is 0 Å². The fourth-order valence-electron chi connectivity index (χ4n) is 2.80. The van der Waals surface area contributed by atoms with Crippen molar-refractivity contribution in [2.45, 2.75) is 19.9 Å². The van der Waals surface area contributed by atoms with Gasteiger partial charge in [-0.2, -0.15) is 0 Å². The number of amides is 1. The number of carbonyl (C=O) groups is 1. The molecule has 0 bridgehead atoms. The third-order valence-electron chi connectivity index (χ3n) is 4.05. The predicted octanol–water partition coefficient (Wildman–Crippen LogP) is 2.85. The fourth-order valence-corrected chi connectivity index (χ4v) is 2.80. The molecule has 1 N–H and O–H groups in total. The van der Waals surface area contributed by atoms with Crippen molar-refractivity contribution in [2.75, 3.05) is 18.4 Å². The molecule has 114 valence electrons. The molecule has 0 spiro atoms. The van der Waals surface area contributed by atoms with Crippen LogP contribution in [0.5, 0.6) is 0 Å². The number of aryl methyl sites for hydroxylation is 1. The van der Waals surface area contributed by atoms with Crippen molar-refractivity contribution in [1.29, 1.82) is 0 Å². The highest BCUT2D eigenvalue weighted by Crippen LogP contribution is 2.20. The molecule has 3 rings (SSSR count). The molecule has 22 heavy (non-hydrogen) atoms. The number of benzene rings is 1. The zero-order valence-electron chi connectivity index (χ0n) is 12.8. The van der Waals surface area contributed by atoms with Gasteiger partial charge in [0.15, 0.2) is 0 Å². The number of aromatic nitrogens is 1. The molecule has 1 amide bonds. The number of anilines is 1. The first-order chi connectivity index (χ1) is 10.7. The van der Waals surface area contributed by atoms with Gasteiger partial charge in [0, 0.05) is 19.3 Å². The number of rotatable bonds is 4. The van der Waals surface area contributed by atoms with E-state index in [1.54, 1.807) is 6.20 Å². The largest absolute Gasteiger partial charge is 0.310 e. The van der Waals surface area contributed by atoms with Crippen molar-refractivity contribution in [3.63, 3.8) is 0 Å². The normalized spacial score (nSPS) is 18.3. The Hall–Kier alpha value is -2.20. The van der Waals surface area contributed by atoms with Crippen LogP contribution in [0.4, 0.5) is 5.82 Å². The van der Waals surface area contributed by atoms with Gasteiger partial charge < -0.3 is 5.32 Å². The third-order valence-corrected chi connectivity index (χ3v) is 4.05. The van der Waals surface area contributed by atoms with E-state index in [0.717, 1.165) is 31.6 Å². The lowest BCUT2D eigenvalue weighted by molar-refractivity contribution is -0.119. The van der Waals surface area contributed by atoms with E-state index in [0.29, 0.717) is 5.82 Å². The summed E-state index contributed by atoms with van der Waals surface area (Å²) < 4.78 is 0. The van der Waals surface area contributed by atoms with Gasteiger partial charge in [0.05, 0.1) is 5.92 Å². The monoisotopic (exact) mass is 295 g/mol. The molecule has 2 aromatic rings. The molecule has 2 heterocycles. The van der Waals surface area contributed by atoms with Crippen molar-refractivity contribution in [3.8, 4) is 0 Å². The molecular weight excluding hydrogens is 274 g/mol. The lowest BCUT2D eigenvalue weighted by atomic mass is 10.1. The van der Waals surface area contributed by atoms with E-state index in [2.05, 4.69) is 39.5 Å². The molecule has 1 aromatic carbocycles. The molecule has 4 heteroatoms. The van der Waals surface area contributed by atoms with Gasteiger partial charge in [-0.25, -0.2) is 4.98 Å². The van der Waals surface area contributed by atoms with Crippen LogP contribution in [0.2, 0.25) is 0 Å².